The Morgan fingerprint density at radius 2 is 1.79 bits per heavy atom. The molecular weight excluding hydrogens is 610 g/mol. The van der Waals surface area contributed by atoms with Gasteiger partial charge < -0.3 is 24.4 Å². The standard InChI is InChI=1S/C37H39N5O6/c1-4-26-21-37(26,35(44)47-5-2)40-34(43)32-19-28(23-42(32)36(45)41-38-22-24-12-8-6-9-13-24)48-33-20-30(25-14-10-7-11-15-25)39-31-18-27(46-3)16-17-29(31)33/h4,6-18,20,26,28,32,38H,1,5,19,21-23H2,2-3H3,(H,40,43)(H,41,45)/t26-,28-,32-,37-/m1/s1. The summed E-state index contributed by atoms with van der Waals surface area (Å²) in [5.74, 6) is -0.0249. The van der Waals surface area contributed by atoms with Crippen molar-refractivity contribution in [2.45, 2.75) is 44.0 Å². The minimum atomic E-state index is -1.20. The lowest BCUT2D eigenvalue weighted by molar-refractivity contribution is -0.149. The molecule has 1 aromatic heterocycles. The Labute approximate surface area is 279 Å². The Hall–Kier alpha value is -5.42. The topological polar surface area (TPSA) is 131 Å². The van der Waals surface area contributed by atoms with E-state index in [0.717, 1.165) is 16.5 Å². The monoisotopic (exact) mass is 649 g/mol. The second-order valence-electron chi connectivity index (χ2n) is 11.9. The molecule has 1 saturated heterocycles. The Bertz CT molecular complexity index is 1800. The average molecular weight is 650 g/mol. The summed E-state index contributed by atoms with van der Waals surface area (Å²) in [5.41, 5.74) is 7.75. The van der Waals surface area contributed by atoms with Gasteiger partial charge in [-0.2, -0.15) is 0 Å². The number of esters is 1. The molecule has 2 aliphatic rings. The predicted molar refractivity (Wildman–Crippen MR) is 181 cm³/mol. The SMILES string of the molecule is C=C[C@@H]1C[C@]1(NC(=O)[C@H]1C[C@@H](Oc2cc(-c3ccccc3)nc3cc(OC)ccc23)CN1C(=O)NNCc1ccccc1)C(=O)OCC. The third-order valence-electron chi connectivity index (χ3n) is 8.78. The molecule has 3 amide bonds. The zero-order valence-electron chi connectivity index (χ0n) is 27.0. The molecule has 3 N–H and O–H groups in total. The largest absolute Gasteiger partial charge is 0.497 e. The number of carbonyl (C=O) groups is 3. The number of carbonyl (C=O) groups excluding carboxylic acids is 3. The van der Waals surface area contributed by atoms with Crippen molar-refractivity contribution in [3.8, 4) is 22.8 Å². The molecule has 0 spiro atoms. The number of aromatic nitrogens is 1. The molecule has 0 radical (unpaired) electrons. The van der Waals surface area contributed by atoms with Crippen molar-refractivity contribution in [1.82, 2.24) is 26.1 Å². The Balaban J connectivity index is 1.27. The van der Waals surface area contributed by atoms with E-state index in [1.54, 1.807) is 20.1 Å². The van der Waals surface area contributed by atoms with E-state index in [1.165, 1.54) is 4.90 Å². The summed E-state index contributed by atoms with van der Waals surface area (Å²) >= 11 is 0. The maximum atomic E-state index is 13.9. The summed E-state index contributed by atoms with van der Waals surface area (Å²) in [6.07, 6.45) is 1.66. The molecule has 2 fully saturated rings. The number of fused-ring (bicyclic) bond motifs is 1. The molecule has 6 rings (SSSR count). The fraction of sp³-hybridized carbons (Fsp3) is 0.297. The number of likely N-dealkylation sites (tertiary alicyclic amines) is 1. The highest BCUT2D eigenvalue weighted by atomic mass is 16.5. The van der Waals surface area contributed by atoms with Crippen LogP contribution in [0.25, 0.3) is 22.2 Å². The van der Waals surface area contributed by atoms with E-state index >= 15 is 0 Å². The van der Waals surface area contributed by atoms with Gasteiger partial charge in [0.05, 0.1) is 31.5 Å². The van der Waals surface area contributed by atoms with Crippen molar-refractivity contribution < 1.29 is 28.6 Å². The van der Waals surface area contributed by atoms with Gasteiger partial charge in [-0.25, -0.2) is 20.0 Å². The van der Waals surface area contributed by atoms with Crippen molar-refractivity contribution in [1.29, 1.82) is 0 Å². The summed E-state index contributed by atoms with van der Waals surface area (Å²) in [4.78, 5) is 46.8. The summed E-state index contributed by atoms with van der Waals surface area (Å²) in [6.45, 7) is 6.22. The molecule has 0 unspecified atom stereocenters. The molecule has 11 nitrogen and oxygen atoms in total. The van der Waals surface area contributed by atoms with Gasteiger partial charge in [0, 0.05) is 42.0 Å². The van der Waals surface area contributed by atoms with Crippen LogP contribution in [0.2, 0.25) is 0 Å². The van der Waals surface area contributed by atoms with E-state index < -0.39 is 35.6 Å². The quantitative estimate of drug-likeness (QED) is 0.114. The molecule has 2 heterocycles. The van der Waals surface area contributed by atoms with Gasteiger partial charge in [-0.05, 0) is 31.0 Å². The maximum absolute atomic E-state index is 13.9. The first-order valence-electron chi connectivity index (χ1n) is 16.0. The summed E-state index contributed by atoms with van der Waals surface area (Å²) in [5, 5.41) is 3.67. The van der Waals surface area contributed by atoms with Gasteiger partial charge in [-0.15, -0.1) is 6.58 Å². The second kappa shape index (κ2) is 14.1. The van der Waals surface area contributed by atoms with Gasteiger partial charge in [0.1, 0.15) is 29.2 Å². The Kier molecular flexibility index (Phi) is 9.58. The molecule has 1 aliphatic carbocycles. The number of urea groups is 1. The van der Waals surface area contributed by atoms with Gasteiger partial charge in [0.25, 0.3) is 0 Å². The number of methoxy groups -OCH3 is 1. The van der Waals surface area contributed by atoms with Crippen molar-refractivity contribution in [2.75, 3.05) is 20.3 Å². The molecule has 1 saturated carbocycles. The van der Waals surface area contributed by atoms with E-state index in [9.17, 15) is 14.4 Å². The number of amides is 3. The lowest BCUT2D eigenvalue weighted by Crippen LogP contribution is -2.56. The molecule has 4 atom stereocenters. The third kappa shape index (κ3) is 6.82. The summed E-state index contributed by atoms with van der Waals surface area (Å²) in [6, 6.07) is 25.4. The second-order valence-corrected chi connectivity index (χ2v) is 11.9. The van der Waals surface area contributed by atoms with Crippen LogP contribution in [0.1, 0.15) is 25.3 Å². The number of hydrazine groups is 1. The molecule has 48 heavy (non-hydrogen) atoms. The van der Waals surface area contributed by atoms with E-state index in [1.807, 2.05) is 84.9 Å². The molecular formula is C37H39N5O6. The molecule has 1 aliphatic heterocycles. The summed E-state index contributed by atoms with van der Waals surface area (Å²) in [7, 11) is 1.60. The molecule has 248 valence electrons. The van der Waals surface area contributed by atoms with Gasteiger partial charge in [-0.1, -0.05) is 66.7 Å². The third-order valence-corrected chi connectivity index (χ3v) is 8.78. The van der Waals surface area contributed by atoms with Crippen molar-refractivity contribution in [2.24, 2.45) is 5.92 Å². The van der Waals surface area contributed by atoms with Crippen molar-refractivity contribution in [3.63, 3.8) is 0 Å². The minimum absolute atomic E-state index is 0.120. The molecule has 3 aromatic carbocycles. The average Bonchev–Trinajstić information content (AvgIpc) is 3.67. The lowest BCUT2D eigenvalue weighted by Gasteiger charge is -2.26. The first kappa shape index (κ1) is 32.5. The van der Waals surface area contributed by atoms with Gasteiger partial charge in [0.2, 0.25) is 5.91 Å². The number of nitrogens with zero attached hydrogens (tertiary/aromatic N) is 2. The summed E-state index contributed by atoms with van der Waals surface area (Å²) < 4.78 is 17.4. The van der Waals surface area contributed by atoms with Crippen LogP contribution in [0.4, 0.5) is 4.79 Å². The van der Waals surface area contributed by atoms with E-state index in [-0.39, 0.29) is 25.5 Å². The Morgan fingerprint density at radius 3 is 2.48 bits per heavy atom. The molecule has 4 aromatic rings. The number of nitrogens with one attached hydrogen (secondary N) is 3. The zero-order valence-corrected chi connectivity index (χ0v) is 27.0. The van der Waals surface area contributed by atoms with Crippen molar-refractivity contribution >= 4 is 28.8 Å². The van der Waals surface area contributed by atoms with E-state index in [0.29, 0.717) is 35.7 Å². The number of rotatable bonds is 12. The number of hydrogen-bond donors (Lipinski definition) is 3. The normalized spacial score (nSPS) is 21.3. The maximum Gasteiger partial charge on any atom is 0.332 e. The van der Waals surface area contributed by atoms with Crippen LogP contribution in [0.3, 0.4) is 0 Å². The molecule has 11 heteroatoms. The van der Waals surface area contributed by atoms with E-state index in [4.69, 9.17) is 19.2 Å². The first-order valence-corrected chi connectivity index (χ1v) is 16.0. The van der Waals surface area contributed by atoms with Crippen LogP contribution in [0.5, 0.6) is 11.5 Å². The first-order chi connectivity index (χ1) is 23.3. The number of hydrogen-bond acceptors (Lipinski definition) is 8. The van der Waals surface area contributed by atoms with Crippen LogP contribution in [0, 0.1) is 5.92 Å². The van der Waals surface area contributed by atoms with Crippen molar-refractivity contribution in [3.05, 3.63) is 103 Å². The van der Waals surface area contributed by atoms with Crippen LogP contribution >= 0.6 is 0 Å². The minimum Gasteiger partial charge on any atom is -0.497 e. The number of ether oxygens (including phenoxy) is 3. The fourth-order valence-electron chi connectivity index (χ4n) is 6.15. The smallest absolute Gasteiger partial charge is 0.332 e. The Morgan fingerprint density at radius 1 is 1.04 bits per heavy atom. The van der Waals surface area contributed by atoms with Crippen LogP contribution in [-0.2, 0) is 20.9 Å². The zero-order chi connectivity index (χ0) is 33.7. The van der Waals surface area contributed by atoms with Crippen LogP contribution in [-0.4, -0.2) is 65.7 Å². The number of pyridine rings is 1. The van der Waals surface area contributed by atoms with Gasteiger partial charge in [-0.3, -0.25) is 10.2 Å². The fourth-order valence-corrected chi connectivity index (χ4v) is 6.15. The van der Waals surface area contributed by atoms with Gasteiger partial charge in [0.15, 0.2) is 0 Å². The number of benzene rings is 3. The highest BCUT2D eigenvalue weighted by Crippen LogP contribution is 2.46. The van der Waals surface area contributed by atoms with Crippen LogP contribution < -0.4 is 25.6 Å². The lowest BCUT2D eigenvalue weighted by atomic mass is 10.1. The van der Waals surface area contributed by atoms with E-state index in [2.05, 4.69) is 22.7 Å². The van der Waals surface area contributed by atoms with Crippen LogP contribution in [0.15, 0.2) is 97.6 Å². The predicted octanol–water partition coefficient (Wildman–Crippen LogP) is 4.77. The highest BCUT2D eigenvalue weighted by molar-refractivity contribution is 5.95. The highest BCUT2D eigenvalue weighted by Gasteiger charge is 2.62. The molecule has 0 bridgehead atoms. The van der Waals surface area contributed by atoms with Gasteiger partial charge >= 0.3 is 12.0 Å².